The SMILES string of the molecule is C=C(C)C[C@H](NC(=O)CNC(=O)c1ccccc1)C(=O)O. The van der Waals surface area contributed by atoms with Gasteiger partial charge in [0.1, 0.15) is 6.04 Å². The highest BCUT2D eigenvalue weighted by Gasteiger charge is 2.20. The van der Waals surface area contributed by atoms with Gasteiger partial charge in [0.05, 0.1) is 6.54 Å². The van der Waals surface area contributed by atoms with E-state index >= 15 is 0 Å². The second kappa shape index (κ2) is 7.84. The molecule has 0 radical (unpaired) electrons. The summed E-state index contributed by atoms with van der Waals surface area (Å²) in [7, 11) is 0. The fraction of sp³-hybridized carbons (Fsp3) is 0.267. The van der Waals surface area contributed by atoms with E-state index in [-0.39, 0.29) is 13.0 Å². The molecule has 0 bridgehead atoms. The van der Waals surface area contributed by atoms with Crippen LogP contribution in [-0.2, 0) is 9.59 Å². The van der Waals surface area contributed by atoms with Gasteiger partial charge in [-0.05, 0) is 25.5 Å². The molecular formula is C15H18N2O4. The van der Waals surface area contributed by atoms with Gasteiger partial charge in [-0.15, -0.1) is 6.58 Å². The van der Waals surface area contributed by atoms with Crippen molar-refractivity contribution in [2.45, 2.75) is 19.4 Å². The maximum absolute atomic E-state index is 11.7. The molecule has 0 unspecified atom stereocenters. The standard InChI is InChI=1S/C15H18N2O4/c1-10(2)8-12(15(20)21)17-13(18)9-16-14(19)11-6-4-3-5-7-11/h3-7,12H,1,8-9H2,2H3,(H,16,19)(H,17,18)(H,20,21)/t12-/m0/s1. The van der Waals surface area contributed by atoms with E-state index in [1.807, 2.05) is 0 Å². The Hall–Kier alpha value is -2.63. The molecule has 6 nitrogen and oxygen atoms in total. The molecule has 0 aliphatic rings. The van der Waals surface area contributed by atoms with Crippen molar-refractivity contribution < 1.29 is 19.5 Å². The molecule has 2 amide bonds. The van der Waals surface area contributed by atoms with Crippen molar-refractivity contribution in [1.29, 1.82) is 0 Å². The number of nitrogens with one attached hydrogen (secondary N) is 2. The van der Waals surface area contributed by atoms with Crippen LogP contribution in [0.4, 0.5) is 0 Å². The van der Waals surface area contributed by atoms with E-state index in [1.165, 1.54) is 0 Å². The van der Waals surface area contributed by atoms with Crippen LogP contribution in [0.2, 0.25) is 0 Å². The molecule has 0 saturated carbocycles. The van der Waals surface area contributed by atoms with Gasteiger partial charge in [0, 0.05) is 5.56 Å². The number of hydrogen-bond acceptors (Lipinski definition) is 3. The van der Waals surface area contributed by atoms with Crippen LogP contribution >= 0.6 is 0 Å². The number of carboxylic acid groups (broad SMARTS) is 1. The first-order valence-electron chi connectivity index (χ1n) is 6.40. The maximum Gasteiger partial charge on any atom is 0.326 e. The summed E-state index contributed by atoms with van der Waals surface area (Å²) in [5, 5.41) is 13.8. The third-order valence-electron chi connectivity index (χ3n) is 2.63. The number of aliphatic carboxylic acids is 1. The Bertz CT molecular complexity index is 540. The zero-order chi connectivity index (χ0) is 15.8. The van der Waals surface area contributed by atoms with Gasteiger partial charge in [0.25, 0.3) is 5.91 Å². The van der Waals surface area contributed by atoms with Crippen LogP contribution in [-0.4, -0.2) is 35.5 Å². The lowest BCUT2D eigenvalue weighted by Crippen LogP contribution is -2.45. The molecule has 0 aromatic heterocycles. The van der Waals surface area contributed by atoms with Crippen LogP contribution in [0, 0.1) is 0 Å². The Morgan fingerprint density at radius 1 is 1.24 bits per heavy atom. The van der Waals surface area contributed by atoms with E-state index in [1.54, 1.807) is 37.3 Å². The topological polar surface area (TPSA) is 95.5 Å². The molecule has 0 aliphatic carbocycles. The van der Waals surface area contributed by atoms with Crippen molar-refractivity contribution in [3.63, 3.8) is 0 Å². The second-order valence-electron chi connectivity index (χ2n) is 4.67. The number of amides is 2. The first-order valence-corrected chi connectivity index (χ1v) is 6.40. The van der Waals surface area contributed by atoms with Crippen LogP contribution < -0.4 is 10.6 Å². The fourth-order valence-corrected chi connectivity index (χ4v) is 1.65. The van der Waals surface area contributed by atoms with E-state index in [0.29, 0.717) is 11.1 Å². The number of hydrogen-bond donors (Lipinski definition) is 3. The Labute approximate surface area is 122 Å². The molecule has 1 atom stereocenters. The minimum Gasteiger partial charge on any atom is -0.480 e. The van der Waals surface area contributed by atoms with Crippen molar-refractivity contribution in [3.05, 3.63) is 48.0 Å². The number of carboxylic acids is 1. The molecule has 0 saturated heterocycles. The molecule has 112 valence electrons. The molecule has 0 fully saturated rings. The number of rotatable bonds is 7. The molecule has 1 aromatic rings. The van der Waals surface area contributed by atoms with E-state index in [4.69, 9.17) is 5.11 Å². The van der Waals surface area contributed by atoms with Gasteiger partial charge < -0.3 is 15.7 Å². The van der Waals surface area contributed by atoms with Crippen LogP contribution in [0.1, 0.15) is 23.7 Å². The van der Waals surface area contributed by atoms with Gasteiger partial charge in [-0.2, -0.15) is 0 Å². The molecule has 1 rings (SSSR count). The summed E-state index contributed by atoms with van der Waals surface area (Å²) in [6.07, 6.45) is 0.147. The van der Waals surface area contributed by atoms with Crippen molar-refractivity contribution in [1.82, 2.24) is 10.6 Å². The Morgan fingerprint density at radius 2 is 1.86 bits per heavy atom. The smallest absolute Gasteiger partial charge is 0.326 e. The Balaban J connectivity index is 2.48. The second-order valence-corrected chi connectivity index (χ2v) is 4.67. The average molecular weight is 290 g/mol. The largest absolute Gasteiger partial charge is 0.480 e. The highest BCUT2D eigenvalue weighted by atomic mass is 16.4. The molecule has 0 heterocycles. The van der Waals surface area contributed by atoms with E-state index in [9.17, 15) is 14.4 Å². The molecule has 3 N–H and O–H groups in total. The quantitative estimate of drug-likeness (QED) is 0.652. The summed E-state index contributed by atoms with van der Waals surface area (Å²) >= 11 is 0. The van der Waals surface area contributed by atoms with E-state index in [2.05, 4.69) is 17.2 Å². The van der Waals surface area contributed by atoms with E-state index < -0.39 is 23.8 Å². The summed E-state index contributed by atoms with van der Waals surface area (Å²) < 4.78 is 0. The average Bonchev–Trinajstić information content (AvgIpc) is 2.44. The minimum absolute atomic E-state index is 0.147. The van der Waals surface area contributed by atoms with Crippen LogP contribution in [0.3, 0.4) is 0 Å². The monoisotopic (exact) mass is 290 g/mol. The molecular weight excluding hydrogens is 272 g/mol. The van der Waals surface area contributed by atoms with Crippen molar-refractivity contribution in [3.8, 4) is 0 Å². The van der Waals surface area contributed by atoms with Crippen LogP contribution in [0.15, 0.2) is 42.5 Å². The van der Waals surface area contributed by atoms with Crippen molar-refractivity contribution in [2.75, 3.05) is 6.54 Å². The summed E-state index contributed by atoms with van der Waals surface area (Å²) in [4.78, 5) is 34.4. The predicted molar refractivity (Wildman–Crippen MR) is 77.8 cm³/mol. The number of carbonyl (C=O) groups excluding carboxylic acids is 2. The highest BCUT2D eigenvalue weighted by molar-refractivity contribution is 5.96. The number of benzene rings is 1. The minimum atomic E-state index is -1.14. The maximum atomic E-state index is 11.7. The van der Waals surface area contributed by atoms with Gasteiger partial charge in [-0.25, -0.2) is 4.79 Å². The lowest BCUT2D eigenvalue weighted by atomic mass is 10.1. The van der Waals surface area contributed by atoms with Gasteiger partial charge in [0.2, 0.25) is 5.91 Å². The lowest BCUT2D eigenvalue weighted by Gasteiger charge is -2.14. The Kier molecular flexibility index (Phi) is 6.13. The van der Waals surface area contributed by atoms with Crippen molar-refractivity contribution >= 4 is 17.8 Å². The fourth-order valence-electron chi connectivity index (χ4n) is 1.65. The van der Waals surface area contributed by atoms with Gasteiger partial charge in [-0.3, -0.25) is 9.59 Å². The summed E-state index contributed by atoms with van der Waals surface area (Å²) in [6, 6.07) is 7.40. The summed E-state index contributed by atoms with van der Waals surface area (Å²) in [6.45, 7) is 5.01. The molecule has 1 aromatic carbocycles. The summed E-state index contributed by atoms with van der Waals surface area (Å²) in [5.74, 6) is -2.09. The molecule has 0 aliphatic heterocycles. The van der Waals surface area contributed by atoms with Crippen LogP contribution in [0.25, 0.3) is 0 Å². The first-order chi connectivity index (χ1) is 9.90. The lowest BCUT2D eigenvalue weighted by molar-refractivity contribution is -0.141. The summed E-state index contributed by atoms with van der Waals surface area (Å²) in [5.41, 5.74) is 1.08. The zero-order valence-corrected chi connectivity index (χ0v) is 11.8. The molecule has 21 heavy (non-hydrogen) atoms. The third-order valence-corrected chi connectivity index (χ3v) is 2.63. The van der Waals surface area contributed by atoms with Crippen molar-refractivity contribution in [2.24, 2.45) is 0 Å². The molecule has 0 spiro atoms. The first kappa shape index (κ1) is 16.4. The van der Waals surface area contributed by atoms with Gasteiger partial charge >= 0.3 is 5.97 Å². The normalized spacial score (nSPS) is 11.3. The molecule has 6 heteroatoms. The number of carbonyl (C=O) groups is 3. The highest BCUT2D eigenvalue weighted by Crippen LogP contribution is 2.02. The van der Waals surface area contributed by atoms with Crippen LogP contribution in [0.5, 0.6) is 0 Å². The third kappa shape index (κ3) is 5.90. The van der Waals surface area contributed by atoms with Gasteiger partial charge in [0.15, 0.2) is 0 Å². The van der Waals surface area contributed by atoms with E-state index in [0.717, 1.165) is 0 Å². The van der Waals surface area contributed by atoms with Gasteiger partial charge in [-0.1, -0.05) is 23.8 Å². The Morgan fingerprint density at radius 3 is 2.38 bits per heavy atom. The predicted octanol–water partition coefficient (Wildman–Crippen LogP) is 0.952. The zero-order valence-electron chi connectivity index (χ0n) is 11.8.